The lowest BCUT2D eigenvalue weighted by Gasteiger charge is -2.36. The molecule has 4 rings (SSSR count). The van der Waals surface area contributed by atoms with Gasteiger partial charge in [-0.25, -0.2) is 9.37 Å². The zero-order valence-corrected chi connectivity index (χ0v) is 13.9. The Hall–Kier alpha value is -1.85. The second kappa shape index (κ2) is 5.98. The van der Waals surface area contributed by atoms with E-state index in [4.69, 9.17) is 11.6 Å². The topological polar surface area (TPSA) is 19.4 Å². The van der Waals surface area contributed by atoms with Crippen LogP contribution in [0.3, 0.4) is 0 Å². The van der Waals surface area contributed by atoms with Crippen LogP contribution in [0.25, 0.3) is 10.2 Å². The standard InChI is InChI=1S/C17H15ClFN3S/c18-12-3-1-4-13(11-12)21-7-9-22(10-8-21)17-20-16-14(19)5-2-6-15(16)23-17/h1-6,11H,7-10H2. The van der Waals surface area contributed by atoms with E-state index in [0.717, 1.165) is 46.7 Å². The number of nitrogens with zero attached hydrogens (tertiary/aromatic N) is 3. The summed E-state index contributed by atoms with van der Waals surface area (Å²) < 4.78 is 14.7. The van der Waals surface area contributed by atoms with Crippen LogP contribution < -0.4 is 9.80 Å². The third-order valence-corrected chi connectivity index (χ3v) is 5.40. The molecule has 1 fully saturated rings. The molecule has 1 aliphatic rings. The van der Waals surface area contributed by atoms with Gasteiger partial charge in [0.05, 0.1) is 4.70 Å². The van der Waals surface area contributed by atoms with Gasteiger partial charge in [-0.05, 0) is 30.3 Å². The predicted octanol–water partition coefficient (Wildman–Crippen LogP) is 4.42. The lowest BCUT2D eigenvalue weighted by molar-refractivity contribution is 0.635. The SMILES string of the molecule is Fc1cccc2sc(N3CCN(c4cccc(Cl)c4)CC3)nc12. The number of para-hydroxylation sites is 1. The van der Waals surface area contributed by atoms with E-state index in [1.165, 1.54) is 6.07 Å². The van der Waals surface area contributed by atoms with Crippen LogP contribution in [0.5, 0.6) is 0 Å². The Bertz CT molecular complexity index is 843. The van der Waals surface area contributed by atoms with Crippen molar-refractivity contribution >= 4 is 44.0 Å². The fourth-order valence-electron chi connectivity index (χ4n) is 2.87. The van der Waals surface area contributed by atoms with Crippen molar-refractivity contribution in [3.05, 3.63) is 53.3 Å². The molecule has 3 aromatic rings. The molecule has 3 nitrogen and oxygen atoms in total. The highest BCUT2D eigenvalue weighted by atomic mass is 35.5. The zero-order chi connectivity index (χ0) is 15.8. The van der Waals surface area contributed by atoms with Crippen molar-refractivity contribution in [2.24, 2.45) is 0 Å². The predicted molar refractivity (Wildman–Crippen MR) is 95.5 cm³/mol. The molecule has 2 heterocycles. The molecule has 0 spiro atoms. The van der Waals surface area contributed by atoms with E-state index in [1.807, 2.05) is 24.3 Å². The average molecular weight is 348 g/mol. The van der Waals surface area contributed by atoms with E-state index >= 15 is 0 Å². The van der Waals surface area contributed by atoms with Crippen LogP contribution in [-0.4, -0.2) is 31.2 Å². The van der Waals surface area contributed by atoms with Gasteiger partial charge in [-0.2, -0.15) is 0 Å². The van der Waals surface area contributed by atoms with Crippen molar-refractivity contribution in [2.75, 3.05) is 36.0 Å². The van der Waals surface area contributed by atoms with E-state index in [-0.39, 0.29) is 5.82 Å². The Morgan fingerprint density at radius 2 is 1.74 bits per heavy atom. The van der Waals surface area contributed by atoms with Gasteiger partial charge in [-0.3, -0.25) is 0 Å². The maximum absolute atomic E-state index is 13.8. The largest absolute Gasteiger partial charge is 0.368 e. The molecule has 2 aromatic carbocycles. The van der Waals surface area contributed by atoms with Gasteiger partial charge in [0, 0.05) is 36.9 Å². The molecule has 0 unspecified atom stereocenters. The number of anilines is 2. The summed E-state index contributed by atoms with van der Waals surface area (Å²) in [5, 5.41) is 1.66. The molecule has 0 radical (unpaired) electrons. The minimum absolute atomic E-state index is 0.248. The van der Waals surface area contributed by atoms with E-state index in [2.05, 4.69) is 20.9 Å². The van der Waals surface area contributed by atoms with Gasteiger partial charge in [-0.15, -0.1) is 0 Å². The van der Waals surface area contributed by atoms with Gasteiger partial charge in [0.2, 0.25) is 0 Å². The second-order valence-electron chi connectivity index (χ2n) is 5.54. The quantitative estimate of drug-likeness (QED) is 0.684. The summed E-state index contributed by atoms with van der Waals surface area (Å²) in [6.45, 7) is 3.54. The molecule has 0 bridgehead atoms. The number of aromatic nitrogens is 1. The molecule has 1 aromatic heterocycles. The number of piperazine rings is 1. The second-order valence-corrected chi connectivity index (χ2v) is 6.98. The Balaban J connectivity index is 1.51. The maximum atomic E-state index is 13.8. The van der Waals surface area contributed by atoms with Gasteiger partial charge in [0.15, 0.2) is 5.13 Å². The summed E-state index contributed by atoms with van der Waals surface area (Å²) >= 11 is 7.62. The number of rotatable bonds is 2. The van der Waals surface area contributed by atoms with Crippen molar-refractivity contribution in [3.63, 3.8) is 0 Å². The molecule has 0 atom stereocenters. The van der Waals surface area contributed by atoms with Crippen molar-refractivity contribution < 1.29 is 4.39 Å². The maximum Gasteiger partial charge on any atom is 0.186 e. The van der Waals surface area contributed by atoms with Crippen LogP contribution in [-0.2, 0) is 0 Å². The molecule has 6 heteroatoms. The van der Waals surface area contributed by atoms with Gasteiger partial charge in [0.1, 0.15) is 11.3 Å². The van der Waals surface area contributed by atoms with E-state index in [0.29, 0.717) is 5.52 Å². The fourth-order valence-corrected chi connectivity index (χ4v) is 4.08. The molecule has 23 heavy (non-hydrogen) atoms. The van der Waals surface area contributed by atoms with Crippen LogP contribution in [0, 0.1) is 5.82 Å². The number of benzene rings is 2. The number of halogens is 2. The minimum Gasteiger partial charge on any atom is -0.368 e. The van der Waals surface area contributed by atoms with Crippen LogP contribution in [0.2, 0.25) is 5.02 Å². The third kappa shape index (κ3) is 2.86. The normalized spacial score (nSPS) is 15.4. The summed E-state index contributed by atoms with van der Waals surface area (Å²) in [5.41, 5.74) is 1.62. The fraction of sp³-hybridized carbons (Fsp3) is 0.235. The van der Waals surface area contributed by atoms with Gasteiger partial charge in [0.25, 0.3) is 0 Å². The highest BCUT2D eigenvalue weighted by Gasteiger charge is 2.20. The third-order valence-electron chi connectivity index (χ3n) is 4.08. The highest BCUT2D eigenvalue weighted by molar-refractivity contribution is 7.22. The molecule has 0 saturated carbocycles. The van der Waals surface area contributed by atoms with Gasteiger partial charge >= 0.3 is 0 Å². The Labute approximate surface area is 142 Å². The zero-order valence-electron chi connectivity index (χ0n) is 12.4. The van der Waals surface area contributed by atoms with Crippen molar-refractivity contribution in [1.82, 2.24) is 4.98 Å². The number of thiazole rings is 1. The van der Waals surface area contributed by atoms with E-state index in [9.17, 15) is 4.39 Å². The van der Waals surface area contributed by atoms with Crippen LogP contribution >= 0.6 is 22.9 Å². The molecule has 1 saturated heterocycles. The smallest absolute Gasteiger partial charge is 0.186 e. The monoisotopic (exact) mass is 347 g/mol. The first kappa shape index (κ1) is 14.7. The summed E-state index contributed by atoms with van der Waals surface area (Å²) in [4.78, 5) is 9.02. The van der Waals surface area contributed by atoms with Crippen molar-refractivity contribution in [1.29, 1.82) is 0 Å². The van der Waals surface area contributed by atoms with Gasteiger partial charge < -0.3 is 9.80 Å². The Kier molecular flexibility index (Phi) is 3.83. The van der Waals surface area contributed by atoms with Crippen LogP contribution in [0.1, 0.15) is 0 Å². The molecular formula is C17H15ClFN3S. The molecule has 0 N–H and O–H groups in total. The molecule has 118 valence electrons. The highest BCUT2D eigenvalue weighted by Crippen LogP contribution is 2.31. The first-order valence-corrected chi connectivity index (χ1v) is 8.71. The molecule has 1 aliphatic heterocycles. The molecule has 0 aliphatic carbocycles. The lowest BCUT2D eigenvalue weighted by atomic mass is 10.2. The van der Waals surface area contributed by atoms with Crippen molar-refractivity contribution in [3.8, 4) is 0 Å². The average Bonchev–Trinajstić information content (AvgIpc) is 3.01. The first-order valence-electron chi connectivity index (χ1n) is 7.51. The number of fused-ring (bicyclic) bond motifs is 1. The molecule has 0 amide bonds. The number of hydrogen-bond acceptors (Lipinski definition) is 4. The lowest BCUT2D eigenvalue weighted by Crippen LogP contribution is -2.46. The Morgan fingerprint density at radius 3 is 2.48 bits per heavy atom. The minimum atomic E-state index is -0.248. The van der Waals surface area contributed by atoms with Crippen LogP contribution in [0.4, 0.5) is 15.2 Å². The Morgan fingerprint density at radius 1 is 1.00 bits per heavy atom. The summed E-state index contributed by atoms with van der Waals surface area (Å²) in [6.07, 6.45) is 0. The summed E-state index contributed by atoms with van der Waals surface area (Å²) in [7, 11) is 0. The molecular weight excluding hydrogens is 333 g/mol. The summed E-state index contributed by atoms with van der Waals surface area (Å²) in [6, 6.07) is 13.0. The first-order chi connectivity index (χ1) is 11.2. The number of hydrogen-bond donors (Lipinski definition) is 0. The van der Waals surface area contributed by atoms with Crippen LogP contribution in [0.15, 0.2) is 42.5 Å². The van der Waals surface area contributed by atoms with E-state index in [1.54, 1.807) is 17.4 Å². The summed E-state index contributed by atoms with van der Waals surface area (Å²) in [5.74, 6) is -0.248. The van der Waals surface area contributed by atoms with E-state index < -0.39 is 0 Å². The van der Waals surface area contributed by atoms with Gasteiger partial charge in [-0.1, -0.05) is 35.1 Å². The van der Waals surface area contributed by atoms with Crippen molar-refractivity contribution in [2.45, 2.75) is 0 Å².